The molecule has 0 bridgehead atoms. The lowest BCUT2D eigenvalue weighted by atomic mass is 10.3. The summed E-state index contributed by atoms with van der Waals surface area (Å²) in [6.07, 6.45) is 6.69. The van der Waals surface area contributed by atoms with Gasteiger partial charge in [-0.2, -0.15) is 5.10 Å². The van der Waals surface area contributed by atoms with Crippen molar-refractivity contribution in [2.75, 3.05) is 0 Å². The summed E-state index contributed by atoms with van der Waals surface area (Å²) >= 11 is 0. The summed E-state index contributed by atoms with van der Waals surface area (Å²) in [6.45, 7) is 1.80. The highest BCUT2D eigenvalue weighted by Crippen LogP contribution is 2.11. The smallest absolute Gasteiger partial charge is 0.290 e. The monoisotopic (exact) mass is 279 g/mol. The highest BCUT2D eigenvalue weighted by molar-refractivity contribution is 5.95. The fourth-order valence-electron chi connectivity index (χ4n) is 2.06. The summed E-state index contributed by atoms with van der Waals surface area (Å²) in [5.41, 5.74) is 5.20. The number of hydrogen-bond donors (Lipinski definition) is 1. The number of amides is 1. The zero-order valence-corrected chi connectivity index (χ0v) is 11.4. The molecular formula is C15H13N5O. The van der Waals surface area contributed by atoms with Crippen LogP contribution in [0.1, 0.15) is 21.7 Å². The first-order valence-corrected chi connectivity index (χ1v) is 6.43. The molecule has 0 aromatic carbocycles. The van der Waals surface area contributed by atoms with Gasteiger partial charge in [-0.1, -0.05) is 12.1 Å². The molecule has 104 valence electrons. The van der Waals surface area contributed by atoms with Crippen LogP contribution in [0.3, 0.4) is 0 Å². The van der Waals surface area contributed by atoms with Gasteiger partial charge in [0.1, 0.15) is 11.3 Å². The first-order valence-electron chi connectivity index (χ1n) is 6.43. The van der Waals surface area contributed by atoms with Crippen LogP contribution in [0, 0.1) is 6.92 Å². The molecule has 0 spiro atoms. The van der Waals surface area contributed by atoms with Crippen LogP contribution in [0.4, 0.5) is 0 Å². The normalized spacial score (nSPS) is 11.1. The Morgan fingerprint density at radius 3 is 3.05 bits per heavy atom. The van der Waals surface area contributed by atoms with Crippen LogP contribution in [-0.4, -0.2) is 26.5 Å². The van der Waals surface area contributed by atoms with Crippen LogP contribution >= 0.6 is 0 Å². The Morgan fingerprint density at radius 1 is 1.33 bits per heavy atom. The Morgan fingerprint density at radius 2 is 2.24 bits per heavy atom. The van der Waals surface area contributed by atoms with Gasteiger partial charge in [0.05, 0.1) is 11.9 Å². The Hall–Kier alpha value is -3.02. The maximum absolute atomic E-state index is 12.2. The Kier molecular flexibility index (Phi) is 3.42. The number of rotatable bonds is 3. The first kappa shape index (κ1) is 13.0. The van der Waals surface area contributed by atoms with Gasteiger partial charge in [0.15, 0.2) is 0 Å². The van der Waals surface area contributed by atoms with Gasteiger partial charge in [0.25, 0.3) is 5.91 Å². The molecule has 21 heavy (non-hydrogen) atoms. The molecule has 3 aromatic rings. The molecule has 0 unspecified atom stereocenters. The summed E-state index contributed by atoms with van der Waals surface area (Å²) in [7, 11) is 0. The van der Waals surface area contributed by atoms with E-state index in [1.807, 2.05) is 24.3 Å². The van der Waals surface area contributed by atoms with Gasteiger partial charge in [0.2, 0.25) is 0 Å². The molecule has 0 saturated heterocycles. The molecule has 3 heterocycles. The summed E-state index contributed by atoms with van der Waals surface area (Å²) in [6, 6.07) is 9.23. The Balaban J connectivity index is 1.82. The van der Waals surface area contributed by atoms with Crippen molar-refractivity contribution in [3.05, 3.63) is 65.9 Å². The number of nitrogens with zero attached hydrogens (tertiary/aromatic N) is 4. The standard InChI is InChI=1S/C15H13N5O/c1-11-14(20-8-3-2-6-13(20)18-11)15(21)19-17-10-12-5-4-7-16-9-12/h2-10H,1H3,(H,19,21)/b17-10+. The fourth-order valence-corrected chi connectivity index (χ4v) is 2.06. The van der Waals surface area contributed by atoms with Crippen molar-refractivity contribution in [1.82, 2.24) is 19.8 Å². The van der Waals surface area contributed by atoms with Crippen molar-refractivity contribution >= 4 is 17.8 Å². The molecule has 6 nitrogen and oxygen atoms in total. The van der Waals surface area contributed by atoms with Crippen LogP contribution < -0.4 is 5.43 Å². The van der Waals surface area contributed by atoms with Gasteiger partial charge in [0, 0.05) is 24.2 Å². The number of fused-ring (bicyclic) bond motifs is 1. The third-order valence-electron chi connectivity index (χ3n) is 2.98. The number of pyridine rings is 2. The zero-order chi connectivity index (χ0) is 14.7. The minimum atomic E-state index is -0.300. The zero-order valence-electron chi connectivity index (χ0n) is 11.4. The summed E-state index contributed by atoms with van der Waals surface area (Å²) < 4.78 is 1.74. The van der Waals surface area contributed by atoms with E-state index in [2.05, 4.69) is 20.5 Å². The van der Waals surface area contributed by atoms with Crippen LogP contribution in [0.2, 0.25) is 0 Å². The highest BCUT2D eigenvalue weighted by atomic mass is 16.2. The van der Waals surface area contributed by atoms with Crippen molar-refractivity contribution in [2.45, 2.75) is 6.92 Å². The number of hydrogen-bond acceptors (Lipinski definition) is 4. The predicted molar refractivity (Wildman–Crippen MR) is 79.2 cm³/mol. The van der Waals surface area contributed by atoms with E-state index in [0.717, 1.165) is 11.2 Å². The van der Waals surface area contributed by atoms with E-state index in [-0.39, 0.29) is 5.91 Å². The summed E-state index contributed by atoms with van der Waals surface area (Å²) in [4.78, 5) is 20.5. The van der Waals surface area contributed by atoms with Crippen molar-refractivity contribution in [1.29, 1.82) is 0 Å². The Labute approximate surface area is 121 Å². The molecule has 0 fully saturated rings. The summed E-state index contributed by atoms with van der Waals surface area (Å²) in [5, 5.41) is 3.94. The van der Waals surface area contributed by atoms with Gasteiger partial charge in [-0.15, -0.1) is 0 Å². The van der Waals surface area contributed by atoms with Crippen LogP contribution in [0.5, 0.6) is 0 Å². The molecule has 1 amide bonds. The second-order valence-electron chi connectivity index (χ2n) is 4.46. The lowest BCUT2D eigenvalue weighted by Crippen LogP contribution is -2.20. The van der Waals surface area contributed by atoms with E-state index in [9.17, 15) is 4.79 Å². The van der Waals surface area contributed by atoms with Crippen molar-refractivity contribution < 1.29 is 4.79 Å². The van der Waals surface area contributed by atoms with Crippen molar-refractivity contribution in [2.24, 2.45) is 5.10 Å². The lowest BCUT2D eigenvalue weighted by molar-refractivity contribution is 0.0948. The van der Waals surface area contributed by atoms with E-state index < -0.39 is 0 Å². The van der Waals surface area contributed by atoms with Gasteiger partial charge in [-0.05, 0) is 25.1 Å². The lowest BCUT2D eigenvalue weighted by Gasteiger charge is -2.01. The third kappa shape index (κ3) is 2.64. The van der Waals surface area contributed by atoms with E-state index in [4.69, 9.17) is 0 Å². The number of carbonyl (C=O) groups is 1. The second kappa shape index (κ2) is 5.54. The second-order valence-corrected chi connectivity index (χ2v) is 4.46. The maximum Gasteiger partial charge on any atom is 0.290 e. The van der Waals surface area contributed by atoms with Crippen LogP contribution in [-0.2, 0) is 0 Å². The molecule has 0 aliphatic rings. The molecular weight excluding hydrogens is 266 g/mol. The van der Waals surface area contributed by atoms with Crippen molar-refractivity contribution in [3.63, 3.8) is 0 Å². The number of hydrazone groups is 1. The number of imidazole rings is 1. The average molecular weight is 279 g/mol. The molecule has 0 aliphatic heterocycles. The van der Waals surface area contributed by atoms with Gasteiger partial charge in [-0.3, -0.25) is 14.2 Å². The van der Waals surface area contributed by atoms with E-state index in [0.29, 0.717) is 11.4 Å². The Bertz CT molecular complexity index is 807. The predicted octanol–water partition coefficient (Wildman–Crippen LogP) is 1.80. The molecule has 1 N–H and O–H groups in total. The van der Waals surface area contributed by atoms with Crippen LogP contribution in [0.15, 0.2) is 54.0 Å². The van der Waals surface area contributed by atoms with E-state index >= 15 is 0 Å². The van der Waals surface area contributed by atoms with E-state index in [1.165, 1.54) is 0 Å². The molecule has 0 radical (unpaired) electrons. The SMILES string of the molecule is Cc1nc2ccccn2c1C(=O)N/N=C/c1cccnc1. The van der Waals surface area contributed by atoms with E-state index in [1.54, 1.807) is 42.2 Å². The number of aromatic nitrogens is 3. The van der Waals surface area contributed by atoms with Crippen LogP contribution in [0.25, 0.3) is 5.65 Å². The third-order valence-corrected chi connectivity index (χ3v) is 2.98. The average Bonchev–Trinajstić information content (AvgIpc) is 2.84. The minimum absolute atomic E-state index is 0.300. The maximum atomic E-state index is 12.2. The fraction of sp³-hybridized carbons (Fsp3) is 0.0667. The molecule has 6 heteroatoms. The topological polar surface area (TPSA) is 71.7 Å². The quantitative estimate of drug-likeness (QED) is 0.587. The highest BCUT2D eigenvalue weighted by Gasteiger charge is 2.15. The molecule has 0 atom stereocenters. The summed E-state index contributed by atoms with van der Waals surface area (Å²) in [5.74, 6) is -0.300. The largest absolute Gasteiger partial charge is 0.295 e. The van der Waals surface area contributed by atoms with Gasteiger partial charge >= 0.3 is 0 Å². The van der Waals surface area contributed by atoms with Gasteiger partial charge in [-0.25, -0.2) is 10.4 Å². The number of carbonyl (C=O) groups excluding carboxylic acids is 1. The number of aryl methyl sites for hydroxylation is 1. The van der Waals surface area contributed by atoms with Crippen molar-refractivity contribution in [3.8, 4) is 0 Å². The molecule has 0 aliphatic carbocycles. The number of nitrogens with one attached hydrogen (secondary N) is 1. The molecule has 3 aromatic heterocycles. The molecule has 3 rings (SSSR count). The molecule has 0 saturated carbocycles. The van der Waals surface area contributed by atoms with Gasteiger partial charge < -0.3 is 0 Å². The minimum Gasteiger partial charge on any atom is -0.295 e. The first-order chi connectivity index (χ1) is 10.3.